The van der Waals surface area contributed by atoms with Crippen LogP contribution < -0.4 is 10.5 Å². The molecule has 8 heteroatoms. The normalized spacial score (nSPS) is 12.5. The zero-order chi connectivity index (χ0) is 18.2. The minimum absolute atomic E-state index is 0. The zero-order valence-electron chi connectivity index (χ0n) is 13.7. The van der Waals surface area contributed by atoms with Gasteiger partial charge in [-0.25, -0.2) is 0 Å². The summed E-state index contributed by atoms with van der Waals surface area (Å²) >= 11 is 0. The van der Waals surface area contributed by atoms with Crippen LogP contribution >= 0.6 is 12.4 Å². The highest BCUT2D eigenvalue weighted by atomic mass is 35.5. The number of alkyl halides is 3. The molecule has 0 saturated heterocycles. The number of hydrogen-bond donors (Lipinski definition) is 1. The van der Waals surface area contributed by atoms with E-state index in [0.717, 1.165) is 16.5 Å². The summed E-state index contributed by atoms with van der Waals surface area (Å²) in [5, 5.41) is 0.820. The number of rotatable bonds is 3. The van der Waals surface area contributed by atoms with Crippen LogP contribution in [0.4, 0.5) is 13.2 Å². The number of nitrogens with two attached hydrogens (primary N) is 1. The molecule has 0 aliphatic carbocycles. The van der Waals surface area contributed by atoms with E-state index in [1.807, 2.05) is 24.3 Å². The number of fused-ring (bicyclic) bond motifs is 1. The molecule has 3 rings (SSSR count). The first-order chi connectivity index (χ1) is 11.8. The molecule has 0 fully saturated rings. The van der Waals surface area contributed by atoms with E-state index in [1.165, 1.54) is 35.8 Å². The molecule has 0 saturated carbocycles. The summed E-state index contributed by atoms with van der Waals surface area (Å²) in [4.78, 5) is 11.8. The van der Waals surface area contributed by atoms with E-state index in [-0.39, 0.29) is 24.1 Å². The van der Waals surface area contributed by atoms with E-state index in [0.29, 0.717) is 5.56 Å². The Labute approximate surface area is 153 Å². The SMILES string of the molecule is CC(=O)n1cc([C@H](N)c2ccc(OC(F)(F)F)cc2)c2ccccc21.Cl. The molecule has 2 N–H and O–H groups in total. The number of aromatic nitrogens is 1. The van der Waals surface area contributed by atoms with Crippen LogP contribution in [0, 0.1) is 0 Å². The molecular formula is C18H16ClF3N2O2. The number of para-hydroxylation sites is 1. The number of carbonyl (C=O) groups excluding carboxylic acids is 1. The molecule has 3 aromatic rings. The van der Waals surface area contributed by atoms with Crippen molar-refractivity contribution < 1.29 is 22.7 Å². The third-order valence-corrected chi connectivity index (χ3v) is 3.89. The van der Waals surface area contributed by atoms with Gasteiger partial charge in [-0.05, 0) is 29.3 Å². The van der Waals surface area contributed by atoms with Crippen molar-refractivity contribution in [3.05, 3.63) is 65.9 Å². The largest absolute Gasteiger partial charge is 0.573 e. The summed E-state index contributed by atoms with van der Waals surface area (Å²) < 4.78 is 42.1. The fraction of sp³-hybridized carbons (Fsp3) is 0.167. The summed E-state index contributed by atoms with van der Waals surface area (Å²) in [5.41, 5.74) is 8.35. The smallest absolute Gasteiger partial charge is 0.406 e. The van der Waals surface area contributed by atoms with Gasteiger partial charge in [0.25, 0.3) is 0 Å². The number of benzene rings is 2. The van der Waals surface area contributed by atoms with Crippen molar-refractivity contribution in [2.75, 3.05) is 0 Å². The highest BCUT2D eigenvalue weighted by Gasteiger charge is 2.31. The number of ether oxygens (including phenoxy) is 1. The van der Waals surface area contributed by atoms with Gasteiger partial charge in [-0.3, -0.25) is 9.36 Å². The molecule has 138 valence electrons. The predicted octanol–water partition coefficient (Wildman–Crippen LogP) is 4.67. The van der Waals surface area contributed by atoms with Crippen molar-refractivity contribution in [3.63, 3.8) is 0 Å². The Hall–Kier alpha value is -2.51. The summed E-state index contributed by atoms with van der Waals surface area (Å²) in [6, 6.07) is 12.1. The Balaban J connectivity index is 0.00000243. The fourth-order valence-corrected chi connectivity index (χ4v) is 2.77. The Morgan fingerprint density at radius 2 is 1.73 bits per heavy atom. The topological polar surface area (TPSA) is 57.2 Å². The number of hydrogen-bond acceptors (Lipinski definition) is 3. The van der Waals surface area contributed by atoms with Gasteiger partial charge in [-0.2, -0.15) is 0 Å². The lowest BCUT2D eigenvalue weighted by molar-refractivity contribution is -0.274. The molecule has 0 radical (unpaired) electrons. The fourth-order valence-electron chi connectivity index (χ4n) is 2.77. The van der Waals surface area contributed by atoms with Crippen LogP contribution in [0.3, 0.4) is 0 Å². The molecule has 1 aromatic heterocycles. The first-order valence-corrected chi connectivity index (χ1v) is 7.48. The quantitative estimate of drug-likeness (QED) is 0.714. The van der Waals surface area contributed by atoms with Crippen LogP contribution in [-0.2, 0) is 0 Å². The van der Waals surface area contributed by atoms with Gasteiger partial charge in [-0.1, -0.05) is 30.3 Å². The second-order valence-electron chi connectivity index (χ2n) is 5.59. The first kappa shape index (κ1) is 19.8. The molecule has 0 aliphatic heterocycles. The average Bonchev–Trinajstić information content (AvgIpc) is 2.93. The van der Waals surface area contributed by atoms with Crippen LogP contribution in [0.25, 0.3) is 10.9 Å². The van der Waals surface area contributed by atoms with Crippen LogP contribution in [0.1, 0.15) is 28.9 Å². The molecule has 0 amide bonds. The van der Waals surface area contributed by atoms with E-state index in [2.05, 4.69) is 4.74 Å². The second kappa shape index (κ2) is 7.39. The van der Waals surface area contributed by atoms with Gasteiger partial charge in [0.2, 0.25) is 5.91 Å². The molecular weight excluding hydrogens is 369 g/mol. The van der Waals surface area contributed by atoms with Gasteiger partial charge in [-0.15, -0.1) is 25.6 Å². The predicted molar refractivity (Wildman–Crippen MR) is 94.6 cm³/mol. The van der Waals surface area contributed by atoms with Gasteiger partial charge in [0, 0.05) is 18.5 Å². The molecule has 4 nitrogen and oxygen atoms in total. The highest BCUT2D eigenvalue weighted by molar-refractivity contribution is 5.94. The van der Waals surface area contributed by atoms with Crippen LogP contribution in [-0.4, -0.2) is 16.8 Å². The average molecular weight is 385 g/mol. The Kier molecular flexibility index (Phi) is 5.63. The molecule has 1 atom stereocenters. The Bertz CT molecular complexity index is 920. The van der Waals surface area contributed by atoms with E-state index >= 15 is 0 Å². The first-order valence-electron chi connectivity index (χ1n) is 7.48. The van der Waals surface area contributed by atoms with Crippen LogP contribution in [0.2, 0.25) is 0 Å². The molecule has 0 bridgehead atoms. The van der Waals surface area contributed by atoms with Gasteiger partial charge < -0.3 is 10.5 Å². The van der Waals surface area contributed by atoms with Crippen LogP contribution in [0.15, 0.2) is 54.7 Å². The van der Waals surface area contributed by atoms with Crippen LogP contribution in [0.5, 0.6) is 5.75 Å². The van der Waals surface area contributed by atoms with E-state index < -0.39 is 12.4 Å². The summed E-state index contributed by atoms with van der Waals surface area (Å²) in [6.07, 6.45) is -3.07. The minimum Gasteiger partial charge on any atom is -0.406 e. The molecule has 0 aliphatic rings. The Morgan fingerprint density at radius 1 is 1.12 bits per heavy atom. The maximum atomic E-state index is 12.2. The number of carbonyl (C=O) groups is 1. The lowest BCUT2D eigenvalue weighted by Crippen LogP contribution is -2.17. The van der Waals surface area contributed by atoms with Crippen molar-refractivity contribution in [2.24, 2.45) is 5.73 Å². The number of nitrogens with zero attached hydrogens (tertiary/aromatic N) is 1. The molecule has 26 heavy (non-hydrogen) atoms. The molecule has 0 spiro atoms. The maximum Gasteiger partial charge on any atom is 0.573 e. The van der Waals surface area contributed by atoms with Gasteiger partial charge in [0.1, 0.15) is 5.75 Å². The van der Waals surface area contributed by atoms with Crippen molar-refractivity contribution in [2.45, 2.75) is 19.3 Å². The van der Waals surface area contributed by atoms with E-state index in [1.54, 1.807) is 6.20 Å². The second-order valence-corrected chi connectivity index (χ2v) is 5.59. The Morgan fingerprint density at radius 3 is 2.31 bits per heavy atom. The van der Waals surface area contributed by atoms with Crippen molar-refractivity contribution in [3.8, 4) is 5.75 Å². The van der Waals surface area contributed by atoms with E-state index in [9.17, 15) is 18.0 Å². The molecule has 0 unspecified atom stereocenters. The van der Waals surface area contributed by atoms with Crippen molar-refractivity contribution in [1.29, 1.82) is 0 Å². The molecule has 2 aromatic carbocycles. The number of halogens is 4. The standard InChI is InChI=1S/C18H15F3N2O2.ClH/c1-11(24)23-10-15(14-4-2-3-5-16(14)23)17(22)12-6-8-13(9-7-12)25-18(19,20)21;/h2-10,17H,22H2,1H3;1H/t17-;/m1./s1. The zero-order valence-corrected chi connectivity index (χ0v) is 14.5. The monoisotopic (exact) mass is 384 g/mol. The molecule has 1 heterocycles. The summed E-state index contributed by atoms with van der Waals surface area (Å²) in [6.45, 7) is 1.45. The van der Waals surface area contributed by atoms with Gasteiger partial charge in [0.15, 0.2) is 0 Å². The summed E-state index contributed by atoms with van der Waals surface area (Å²) in [5.74, 6) is -0.460. The maximum absolute atomic E-state index is 12.2. The van der Waals surface area contributed by atoms with E-state index in [4.69, 9.17) is 5.73 Å². The third kappa shape index (κ3) is 4.00. The third-order valence-electron chi connectivity index (χ3n) is 3.89. The lowest BCUT2D eigenvalue weighted by Gasteiger charge is -2.13. The van der Waals surface area contributed by atoms with Gasteiger partial charge >= 0.3 is 6.36 Å². The van der Waals surface area contributed by atoms with Gasteiger partial charge in [0.05, 0.1) is 11.6 Å². The minimum atomic E-state index is -4.74. The highest BCUT2D eigenvalue weighted by Crippen LogP contribution is 2.31. The van der Waals surface area contributed by atoms with Crippen molar-refractivity contribution >= 4 is 29.2 Å². The summed E-state index contributed by atoms with van der Waals surface area (Å²) in [7, 11) is 0. The lowest BCUT2D eigenvalue weighted by atomic mass is 9.99. The van der Waals surface area contributed by atoms with Crippen molar-refractivity contribution in [1.82, 2.24) is 4.57 Å².